The van der Waals surface area contributed by atoms with Gasteiger partial charge in [0, 0.05) is 5.92 Å². The Hall–Kier alpha value is 0.130. The average Bonchev–Trinajstić information content (AvgIpc) is 2.16. The average molecular weight is 221 g/mol. The summed E-state index contributed by atoms with van der Waals surface area (Å²) < 4.78 is 0. The number of rotatable bonds is 8. The van der Waals surface area contributed by atoms with E-state index in [-0.39, 0.29) is 28.1 Å². The van der Waals surface area contributed by atoms with Gasteiger partial charge in [0.1, 0.15) is 0 Å². The first kappa shape index (κ1) is 13.1. The molecule has 3 unspecified atom stereocenters. The summed E-state index contributed by atoms with van der Waals surface area (Å²) >= 11 is 0. The molecule has 5 heteroatoms. The zero-order valence-electron chi connectivity index (χ0n) is 8.17. The van der Waals surface area contributed by atoms with Gasteiger partial charge < -0.3 is 0 Å². The van der Waals surface area contributed by atoms with Gasteiger partial charge in [-0.05, 0) is 26.1 Å². The van der Waals surface area contributed by atoms with E-state index in [1.54, 1.807) is 0 Å². The van der Waals surface area contributed by atoms with E-state index in [0.29, 0.717) is 0 Å². The highest BCUT2D eigenvalue weighted by atomic mass is 32.0. The maximum absolute atomic E-state index is 11.5. The van der Waals surface area contributed by atoms with Gasteiger partial charge in [-0.15, -0.1) is 4.91 Å². The van der Waals surface area contributed by atoms with Gasteiger partial charge in [0.15, 0.2) is 5.52 Å². The molecule has 3 atom stereocenters. The highest BCUT2D eigenvalue weighted by molar-refractivity contribution is 8.18. The number of nitrogens with zero attached hydrogens (tertiary/aromatic N) is 1. The highest BCUT2D eigenvalue weighted by Crippen LogP contribution is 2.41. The van der Waals surface area contributed by atoms with Gasteiger partial charge >= 0.3 is 0 Å². The molecule has 0 saturated heterocycles. The normalized spacial score (nSPS) is 14.3. The molecule has 0 aliphatic heterocycles. The summed E-state index contributed by atoms with van der Waals surface area (Å²) in [5, 5.41) is 0. The maximum atomic E-state index is 11.5. The number of hydrogen-bond acceptors (Lipinski definition) is 3. The molecule has 0 heterocycles. The molecular weight excluding hydrogens is 204 g/mol. The van der Waals surface area contributed by atoms with Crippen molar-refractivity contribution >= 4 is 22.2 Å². The third-order valence-corrected chi connectivity index (χ3v) is 4.20. The molecule has 0 aromatic rings. The summed E-state index contributed by atoms with van der Waals surface area (Å²) in [6, 6.07) is 0. The summed E-state index contributed by atoms with van der Waals surface area (Å²) in [6.45, 7) is 4.15. The summed E-state index contributed by atoms with van der Waals surface area (Å²) in [5.74, 6) is 0.174. The Labute approximate surface area is 82.9 Å². The lowest BCUT2D eigenvalue weighted by Gasteiger charge is -2.11. The van der Waals surface area contributed by atoms with Crippen LogP contribution in [0.3, 0.4) is 0 Å². The lowest BCUT2D eigenvalue weighted by molar-refractivity contribution is -0.114. The zero-order chi connectivity index (χ0) is 10.1. The van der Waals surface area contributed by atoms with Crippen molar-refractivity contribution in [2.75, 3.05) is 0 Å². The van der Waals surface area contributed by atoms with Gasteiger partial charge in [-0.2, -0.15) is 0 Å². The number of unbranched alkanes of at least 4 members (excludes halogenated alkanes) is 1. The van der Waals surface area contributed by atoms with Crippen LogP contribution in [0.15, 0.2) is 4.95 Å². The minimum atomic E-state index is -0.0562. The van der Waals surface area contributed by atoms with Crippen LogP contribution in [0, 0.1) is 10.8 Å². The van der Waals surface area contributed by atoms with E-state index in [9.17, 15) is 9.70 Å². The Morgan fingerprint density at radius 1 is 1.46 bits per heavy atom. The predicted molar refractivity (Wildman–Crippen MR) is 60.7 cm³/mol. The standard InChI is InChI=1S/C8H17NO2P2/c1-3-5-6-7(4-2)8(10)12-13-9-11/h7,12-13H,3-6H2,1-2H3. The molecule has 13 heavy (non-hydrogen) atoms. The van der Waals surface area contributed by atoms with Crippen LogP contribution in [0.2, 0.25) is 0 Å². The molecule has 0 aliphatic rings. The summed E-state index contributed by atoms with van der Waals surface area (Å²) in [7, 11) is 0.0579. The summed E-state index contributed by atoms with van der Waals surface area (Å²) in [6.07, 6.45) is 4.10. The Kier molecular flexibility index (Phi) is 8.80. The zero-order valence-corrected chi connectivity index (χ0v) is 10.2. The van der Waals surface area contributed by atoms with Crippen molar-refractivity contribution in [3.63, 3.8) is 0 Å². The van der Waals surface area contributed by atoms with E-state index >= 15 is 0 Å². The first-order valence-electron chi connectivity index (χ1n) is 4.63. The van der Waals surface area contributed by atoms with E-state index in [2.05, 4.69) is 11.9 Å². The molecule has 0 radical (unpaired) electrons. The molecule has 0 spiro atoms. The van der Waals surface area contributed by atoms with E-state index in [1.165, 1.54) is 0 Å². The van der Waals surface area contributed by atoms with Crippen molar-refractivity contribution in [3.05, 3.63) is 4.91 Å². The lowest BCUT2D eigenvalue weighted by atomic mass is 10.0. The van der Waals surface area contributed by atoms with Gasteiger partial charge in [0.25, 0.3) is 0 Å². The molecule has 76 valence electrons. The van der Waals surface area contributed by atoms with Crippen LogP contribution in [-0.4, -0.2) is 5.52 Å². The van der Waals surface area contributed by atoms with Crippen LogP contribution < -0.4 is 0 Å². The molecule has 0 amide bonds. The Bertz CT molecular complexity index is 164. The third-order valence-electron chi connectivity index (χ3n) is 1.99. The van der Waals surface area contributed by atoms with Gasteiger partial charge in [0.2, 0.25) is 0 Å². The fourth-order valence-corrected chi connectivity index (χ4v) is 2.94. The smallest absolute Gasteiger partial charge is 0.160 e. The molecule has 0 N–H and O–H groups in total. The molecule has 3 nitrogen and oxygen atoms in total. The van der Waals surface area contributed by atoms with E-state index in [4.69, 9.17) is 0 Å². The number of hydrogen-bond donors (Lipinski definition) is 0. The van der Waals surface area contributed by atoms with Crippen molar-refractivity contribution in [2.24, 2.45) is 10.9 Å². The SMILES string of the molecule is CCCCC(CC)C(=O)PPN=O. The van der Waals surface area contributed by atoms with Crippen molar-refractivity contribution < 1.29 is 4.79 Å². The third kappa shape index (κ3) is 6.23. The van der Waals surface area contributed by atoms with Crippen molar-refractivity contribution in [1.29, 1.82) is 0 Å². The van der Waals surface area contributed by atoms with Crippen molar-refractivity contribution in [1.82, 2.24) is 0 Å². The molecule has 0 aromatic heterocycles. The Balaban J connectivity index is 3.77. The van der Waals surface area contributed by atoms with Crippen molar-refractivity contribution in [2.45, 2.75) is 39.5 Å². The molecular formula is C8H17NO2P2. The Morgan fingerprint density at radius 3 is 2.62 bits per heavy atom. The van der Waals surface area contributed by atoms with Crippen LogP contribution in [0.5, 0.6) is 0 Å². The Morgan fingerprint density at radius 2 is 2.15 bits per heavy atom. The van der Waals surface area contributed by atoms with Gasteiger partial charge in [-0.1, -0.05) is 26.7 Å². The quantitative estimate of drug-likeness (QED) is 0.463. The van der Waals surface area contributed by atoms with Crippen LogP contribution in [0.4, 0.5) is 0 Å². The predicted octanol–water partition coefficient (Wildman–Crippen LogP) is 3.68. The fourth-order valence-electron chi connectivity index (χ4n) is 1.15. The summed E-state index contributed by atoms with van der Waals surface area (Å²) in [4.78, 5) is 24.1. The molecule has 0 fully saturated rings. The first-order valence-corrected chi connectivity index (χ1v) is 7.58. The monoisotopic (exact) mass is 221 g/mol. The first-order chi connectivity index (χ1) is 6.26. The largest absolute Gasteiger partial charge is 0.294 e. The molecule has 0 aliphatic carbocycles. The molecule has 0 rings (SSSR count). The maximum Gasteiger partial charge on any atom is 0.160 e. The molecule has 0 bridgehead atoms. The second kappa shape index (κ2) is 8.72. The van der Waals surface area contributed by atoms with Crippen LogP contribution in [-0.2, 0) is 4.79 Å². The topological polar surface area (TPSA) is 46.5 Å². The van der Waals surface area contributed by atoms with Gasteiger partial charge in [-0.3, -0.25) is 4.79 Å². The van der Waals surface area contributed by atoms with Crippen LogP contribution >= 0.6 is 16.7 Å². The van der Waals surface area contributed by atoms with Gasteiger partial charge in [-0.25, -0.2) is 0 Å². The minimum absolute atomic E-state index is 0.0562. The van der Waals surface area contributed by atoms with E-state index < -0.39 is 0 Å². The molecule has 0 saturated carbocycles. The number of carbonyl (C=O) groups is 1. The fraction of sp³-hybridized carbons (Fsp3) is 0.875. The van der Waals surface area contributed by atoms with Gasteiger partial charge in [0.05, 0.1) is 8.42 Å². The summed E-state index contributed by atoms with van der Waals surface area (Å²) in [5.41, 5.74) is 0.244. The van der Waals surface area contributed by atoms with E-state index in [1.807, 2.05) is 6.92 Å². The van der Waals surface area contributed by atoms with E-state index in [0.717, 1.165) is 25.7 Å². The second-order valence-corrected chi connectivity index (χ2v) is 5.51. The van der Waals surface area contributed by atoms with Crippen LogP contribution in [0.25, 0.3) is 0 Å². The lowest BCUT2D eigenvalue weighted by Crippen LogP contribution is -2.07. The number of carbonyl (C=O) groups excluding carboxylic acids is 1. The number of nitroso groups, excluding NO2 is 1. The van der Waals surface area contributed by atoms with Crippen LogP contribution in [0.1, 0.15) is 39.5 Å². The highest BCUT2D eigenvalue weighted by Gasteiger charge is 2.15. The minimum Gasteiger partial charge on any atom is -0.294 e. The second-order valence-electron chi connectivity index (χ2n) is 2.94. The molecule has 0 aromatic carbocycles. The van der Waals surface area contributed by atoms with Crippen molar-refractivity contribution in [3.8, 4) is 0 Å².